The smallest absolute Gasteiger partial charge is 0.416 e. The molecule has 0 radical (unpaired) electrons. The molecule has 0 aliphatic carbocycles. The Morgan fingerprint density at radius 1 is 1.03 bits per heavy atom. The number of halogens is 3. The summed E-state index contributed by atoms with van der Waals surface area (Å²) in [5.41, 5.74) is 3.11. The molecule has 0 aromatic heterocycles. The van der Waals surface area contributed by atoms with E-state index in [1.807, 2.05) is 11.0 Å². The molecule has 2 bridgehead atoms. The molecule has 5 nitrogen and oxygen atoms in total. The van der Waals surface area contributed by atoms with Crippen molar-refractivity contribution in [2.24, 2.45) is 0 Å². The van der Waals surface area contributed by atoms with Gasteiger partial charge in [-0.15, -0.1) is 0 Å². The molecule has 184 valence electrons. The molecule has 0 unspecified atom stereocenters. The summed E-state index contributed by atoms with van der Waals surface area (Å²) in [5, 5.41) is 0. The quantitative estimate of drug-likeness (QED) is 0.527. The monoisotopic (exact) mass is 476 g/mol. The Bertz CT molecular complexity index is 1040. The van der Waals surface area contributed by atoms with Crippen LogP contribution in [0.5, 0.6) is 5.75 Å². The second kappa shape index (κ2) is 9.58. The van der Waals surface area contributed by atoms with E-state index in [0.717, 1.165) is 36.4 Å². The maximum absolute atomic E-state index is 13.0. The first kappa shape index (κ1) is 24.5. The molecule has 2 aromatic carbocycles. The molecule has 4 rings (SSSR count). The molecule has 3 atom stereocenters. The van der Waals surface area contributed by atoms with Gasteiger partial charge in [0.1, 0.15) is 12.4 Å². The molecule has 2 aliphatic heterocycles. The van der Waals surface area contributed by atoms with Gasteiger partial charge in [-0.2, -0.15) is 13.2 Å². The van der Waals surface area contributed by atoms with Gasteiger partial charge < -0.3 is 14.4 Å². The molecule has 2 aromatic rings. The van der Waals surface area contributed by atoms with Gasteiger partial charge in [-0.1, -0.05) is 6.07 Å². The Balaban J connectivity index is 1.42. The average Bonchev–Trinajstić information content (AvgIpc) is 3.42. The van der Waals surface area contributed by atoms with Crippen LogP contribution in [-0.4, -0.2) is 61.2 Å². The first-order valence-corrected chi connectivity index (χ1v) is 11.6. The van der Waals surface area contributed by atoms with Crippen molar-refractivity contribution in [1.82, 2.24) is 9.80 Å². The number of fused-ring (bicyclic) bond motifs is 2. The number of benzene rings is 2. The highest BCUT2D eigenvalue weighted by Crippen LogP contribution is 2.39. The molecular weight excluding hydrogens is 445 g/mol. The van der Waals surface area contributed by atoms with E-state index in [2.05, 4.69) is 31.7 Å². The van der Waals surface area contributed by atoms with Crippen LogP contribution in [0.1, 0.15) is 52.0 Å². The molecule has 2 aliphatic rings. The van der Waals surface area contributed by atoms with Gasteiger partial charge in [0.15, 0.2) is 0 Å². The van der Waals surface area contributed by atoms with Gasteiger partial charge in [0.05, 0.1) is 12.2 Å². The molecule has 0 spiro atoms. The van der Waals surface area contributed by atoms with Crippen molar-refractivity contribution in [2.75, 3.05) is 33.4 Å². The van der Waals surface area contributed by atoms with Crippen molar-refractivity contribution in [3.05, 3.63) is 64.2 Å². The molecule has 34 heavy (non-hydrogen) atoms. The molecular formula is C26H31F3N2O3. The van der Waals surface area contributed by atoms with E-state index in [0.29, 0.717) is 25.3 Å². The standard InChI is InChI=1S/C26H31F3N2O3/c1-16-17(2)24(34-12-11-33-4)10-9-23(16)18(3)30-14-22-13-21(30)15-31(22)25(32)19-5-7-20(8-6-19)26(27,28)29/h5-10,18,21-22H,11-15H2,1-4H3/t18-,21+,22+/m0/s1. The van der Waals surface area contributed by atoms with E-state index in [9.17, 15) is 18.0 Å². The first-order valence-electron chi connectivity index (χ1n) is 11.6. The number of nitrogens with zero attached hydrogens (tertiary/aromatic N) is 2. The van der Waals surface area contributed by atoms with Crippen LogP contribution in [0, 0.1) is 13.8 Å². The summed E-state index contributed by atoms with van der Waals surface area (Å²) < 4.78 is 49.4. The van der Waals surface area contributed by atoms with Crippen LogP contribution in [-0.2, 0) is 10.9 Å². The molecule has 0 saturated carbocycles. The van der Waals surface area contributed by atoms with Gasteiger partial charge in [-0.05, 0) is 74.2 Å². The van der Waals surface area contributed by atoms with Gasteiger partial charge in [0, 0.05) is 43.9 Å². The lowest BCUT2D eigenvalue weighted by Crippen LogP contribution is -2.49. The maximum Gasteiger partial charge on any atom is 0.416 e. The predicted octanol–water partition coefficient (Wildman–Crippen LogP) is 5.01. The summed E-state index contributed by atoms with van der Waals surface area (Å²) in [4.78, 5) is 17.3. The van der Waals surface area contributed by atoms with E-state index in [4.69, 9.17) is 9.47 Å². The predicted molar refractivity (Wildman–Crippen MR) is 123 cm³/mol. The summed E-state index contributed by atoms with van der Waals surface area (Å²) in [6, 6.07) is 9.12. The van der Waals surface area contributed by atoms with E-state index >= 15 is 0 Å². The number of amides is 1. The number of methoxy groups -OCH3 is 1. The van der Waals surface area contributed by atoms with Crippen molar-refractivity contribution < 1.29 is 27.4 Å². The van der Waals surface area contributed by atoms with Crippen LogP contribution in [0.3, 0.4) is 0 Å². The summed E-state index contributed by atoms with van der Waals surface area (Å²) in [7, 11) is 1.65. The van der Waals surface area contributed by atoms with Crippen LogP contribution in [0.25, 0.3) is 0 Å². The van der Waals surface area contributed by atoms with Gasteiger partial charge in [-0.3, -0.25) is 9.69 Å². The topological polar surface area (TPSA) is 42.0 Å². The van der Waals surface area contributed by atoms with E-state index in [1.54, 1.807) is 7.11 Å². The van der Waals surface area contributed by atoms with E-state index in [-0.39, 0.29) is 24.0 Å². The van der Waals surface area contributed by atoms with Gasteiger partial charge in [-0.25, -0.2) is 0 Å². The number of rotatable bonds is 7. The minimum Gasteiger partial charge on any atom is -0.491 e. The minimum absolute atomic E-state index is 0.0697. The SMILES string of the molecule is COCCOc1ccc([C@H](C)N2C[C@H]3C[C@@H]2CN3C(=O)c2ccc(C(F)(F)F)cc2)c(C)c1C. The van der Waals surface area contributed by atoms with Gasteiger partial charge in [0.25, 0.3) is 5.91 Å². The van der Waals surface area contributed by atoms with Crippen LogP contribution in [0.2, 0.25) is 0 Å². The summed E-state index contributed by atoms with van der Waals surface area (Å²) in [5.74, 6) is 0.667. The number of hydrogen-bond acceptors (Lipinski definition) is 4. The van der Waals surface area contributed by atoms with Crippen LogP contribution in [0.4, 0.5) is 13.2 Å². The second-order valence-corrected chi connectivity index (χ2v) is 9.19. The normalized spacial score (nSPS) is 21.2. The van der Waals surface area contributed by atoms with Crippen molar-refractivity contribution >= 4 is 5.91 Å². The number of ether oxygens (including phenoxy) is 2. The molecule has 8 heteroatoms. The Morgan fingerprint density at radius 3 is 2.32 bits per heavy atom. The van der Waals surface area contributed by atoms with Gasteiger partial charge >= 0.3 is 6.18 Å². The third-order valence-corrected chi connectivity index (χ3v) is 7.27. The summed E-state index contributed by atoms with van der Waals surface area (Å²) >= 11 is 0. The van der Waals surface area contributed by atoms with Gasteiger partial charge in [0.2, 0.25) is 0 Å². The Labute approximate surface area is 198 Å². The summed E-state index contributed by atoms with van der Waals surface area (Å²) in [6.45, 7) is 8.75. The fourth-order valence-corrected chi connectivity index (χ4v) is 5.23. The van der Waals surface area contributed by atoms with Crippen molar-refractivity contribution in [2.45, 2.75) is 51.5 Å². The zero-order chi connectivity index (χ0) is 24.6. The molecule has 2 fully saturated rings. The highest BCUT2D eigenvalue weighted by atomic mass is 19.4. The average molecular weight is 477 g/mol. The number of carbonyl (C=O) groups is 1. The van der Waals surface area contributed by atoms with Crippen molar-refractivity contribution in [1.29, 1.82) is 0 Å². The largest absolute Gasteiger partial charge is 0.491 e. The molecule has 0 N–H and O–H groups in total. The fourth-order valence-electron chi connectivity index (χ4n) is 5.23. The number of piperazine rings is 1. The lowest BCUT2D eigenvalue weighted by molar-refractivity contribution is -0.137. The third kappa shape index (κ3) is 4.66. The number of hydrogen-bond donors (Lipinski definition) is 0. The first-order chi connectivity index (χ1) is 16.1. The van der Waals surface area contributed by atoms with Crippen LogP contribution in [0.15, 0.2) is 36.4 Å². The maximum atomic E-state index is 13.0. The summed E-state index contributed by atoms with van der Waals surface area (Å²) in [6.07, 6.45) is -3.53. The van der Waals surface area contributed by atoms with Crippen LogP contribution >= 0.6 is 0 Å². The van der Waals surface area contributed by atoms with E-state index < -0.39 is 11.7 Å². The zero-order valence-electron chi connectivity index (χ0n) is 20.0. The molecule has 2 heterocycles. The minimum atomic E-state index is -4.41. The Kier molecular flexibility index (Phi) is 6.92. The fraction of sp³-hybridized carbons (Fsp3) is 0.500. The molecule has 1 amide bonds. The van der Waals surface area contributed by atoms with E-state index in [1.165, 1.54) is 23.3 Å². The number of likely N-dealkylation sites (tertiary alicyclic amines) is 2. The van der Waals surface area contributed by atoms with Crippen molar-refractivity contribution in [3.8, 4) is 5.75 Å². The zero-order valence-corrected chi connectivity index (χ0v) is 20.0. The third-order valence-electron chi connectivity index (χ3n) is 7.27. The Hall–Kier alpha value is -2.58. The highest BCUT2D eigenvalue weighted by molar-refractivity contribution is 5.94. The van der Waals surface area contributed by atoms with Crippen LogP contribution < -0.4 is 4.74 Å². The highest BCUT2D eigenvalue weighted by Gasteiger charge is 2.47. The number of alkyl halides is 3. The lowest BCUT2D eigenvalue weighted by Gasteiger charge is -2.38. The van der Waals surface area contributed by atoms with Crippen molar-refractivity contribution in [3.63, 3.8) is 0 Å². The lowest BCUT2D eigenvalue weighted by atomic mass is 9.96. The number of carbonyl (C=O) groups excluding carboxylic acids is 1. The second-order valence-electron chi connectivity index (χ2n) is 9.19. The molecule has 2 saturated heterocycles. The Morgan fingerprint density at radius 2 is 1.74 bits per heavy atom.